The summed E-state index contributed by atoms with van der Waals surface area (Å²) >= 11 is 1.72. The molecule has 0 amide bonds. The van der Waals surface area contributed by atoms with E-state index >= 15 is 0 Å². The van der Waals surface area contributed by atoms with E-state index in [9.17, 15) is 4.79 Å². The Hall–Kier alpha value is -1.74. The summed E-state index contributed by atoms with van der Waals surface area (Å²) in [5, 5.41) is 0. The third kappa shape index (κ3) is 2.51. The molecule has 0 N–H and O–H groups in total. The Bertz CT molecular complexity index is 620. The molecule has 0 bridgehead atoms. The van der Waals surface area contributed by atoms with Gasteiger partial charge in [0.15, 0.2) is 6.61 Å². The Morgan fingerprint density at radius 2 is 2.00 bits per heavy atom. The van der Waals surface area contributed by atoms with Crippen LogP contribution in [-0.2, 0) is 5.75 Å². The molecule has 0 saturated carbocycles. The van der Waals surface area contributed by atoms with Gasteiger partial charge >= 0.3 is 0 Å². The zero-order valence-corrected chi connectivity index (χ0v) is 11.5. The SMILES string of the molecule is Cc1cc(SCc2ccccc2)c2c(c1)C(=O)CO2. The summed E-state index contributed by atoms with van der Waals surface area (Å²) in [7, 11) is 0. The number of aryl methyl sites for hydroxylation is 1. The fraction of sp³-hybridized carbons (Fsp3) is 0.188. The van der Waals surface area contributed by atoms with Gasteiger partial charge in [0.1, 0.15) is 5.75 Å². The third-order valence-corrected chi connectivity index (χ3v) is 4.18. The molecule has 1 aliphatic heterocycles. The highest BCUT2D eigenvalue weighted by atomic mass is 32.2. The maximum Gasteiger partial charge on any atom is 0.203 e. The summed E-state index contributed by atoms with van der Waals surface area (Å²) in [4.78, 5) is 12.8. The van der Waals surface area contributed by atoms with Gasteiger partial charge in [-0.25, -0.2) is 0 Å². The highest BCUT2D eigenvalue weighted by molar-refractivity contribution is 7.98. The minimum atomic E-state index is 0.0836. The number of ether oxygens (including phenoxy) is 1. The minimum Gasteiger partial charge on any atom is -0.483 e. The average Bonchev–Trinajstić information content (AvgIpc) is 2.79. The van der Waals surface area contributed by atoms with Gasteiger partial charge in [-0.05, 0) is 30.2 Å². The van der Waals surface area contributed by atoms with E-state index in [1.165, 1.54) is 5.56 Å². The van der Waals surface area contributed by atoms with Gasteiger partial charge in [0.2, 0.25) is 5.78 Å². The van der Waals surface area contributed by atoms with Crippen molar-refractivity contribution < 1.29 is 9.53 Å². The molecule has 0 aromatic heterocycles. The molecule has 0 atom stereocenters. The first-order chi connectivity index (χ1) is 9.24. The quantitative estimate of drug-likeness (QED) is 0.792. The molecule has 2 aromatic rings. The van der Waals surface area contributed by atoms with E-state index in [0.717, 1.165) is 27.5 Å². The lowest BCUT2D eigenvalue weighted by atomic mass is 10.1. The van der Waals surface area contributed by atoms with Crippen molar-refractivity contribution in [2.24, 2.45) is 0 Å². The van der Waals surface area contributed by atoms with Gasteiger partial charge in [-0.15, -0.1) is 11.8 Å². The maximum atomic E-state index is 11.7. The van der Waals surface area contributed by atoms with Gasteiger partial charge < -0.3 is 4.74 Å². The molecular formula is C16H14O2S. The summed E-state index contributed by atoms with van der Waals surface area (Å²) in [6, 6.07) is 14.3. The molecule has 0 aliphatic carbocycles. The molecule has 0 spiro atoms. The van der Waals surface area contributed by atoms with E-state index < -0.39 is 0 Å². The molecule has 0 radical (unpaired) electrons. The molecule has 2 aromatic carbocycles. The maximum absolute atomic E-state index is 11.7. The van der Waals surface area contributed by atoms with Gasteiger partial charge in [-0.3, -0.25) is 4.79 Å². The molecule has 1 aliphatic rings. The number of ketones is 1. The molecule has 0 fully saturated rings. The van der Waals surface area contributed by atoms with E-state index in [1.807, 2.05) is 31.2 Å². The molecule has 96 valence electrons. The number of rotatable bonds is 3. The highest BCUT2D eigenvalue weighted by Gasteiger charge is 2.24. The fourth-order valence-electron chi connectivity index (χ4n) is 2.15. The van der Waals surface area contributed by atoms with Crippen LogP contribution in [0.25, 0.3) is 0 Å². The van der Waals surface area contributed by atoms with Crippen molar-refractivity contribution in [1.29, 1.82) is 0 Å². The van der Waals surface area contributed by atoms with Crippen LogP contribution in [0.2, 0.25) is 0 Å². The van der Waals surface area contributed by atoms with E-state index in [-0.39, 0.29) is 12.4 Å². The lowest BCUT2D eigenvalue weighted by molar-refractivity contribution is 0.0960. The summed E-state index contributed by atoms with van der Waals surface area (Å²) in [5.41, 5.74) is 3.11. The second-order valence-electron chi connectivity index (χ2n) is 4.63. The number of hydrogen-bond acceptors (Lipinski definition) is 3. The normalized spacial score (nSPS) is 13.2. The Balaban J connectivity index is 1.86. The van der Waals surface area contributed by atoms with Gasteiger partial charge in [0, 0.05) is 5.75 Å². The number of carbonyl (C=O) groups is 1. The molecular weight excluding hydrogens is 256 g/mol. The van der Waals surface area contributed by atoms with Crippen molar-refractivity contribution >= 4 is 17.5 Å². The monoisotopic (exact) mass is 270 g/mol. The zero-order valence-electron chi connectivity index (χ0n) is 10.7. The molecule has 0 saturated heterocycles. The summed E-state index contributed by atoms with van der Waals surface area (Å²) in [6.45, 7) is 2.19. The predicted octanol–water partition coefficient (Wildman–Crippen LogP) is 3.86. The number of fused-ring (bicyclic) bond motifs is 1. The van der Waals surface area contributed by atoms with Crippen LogP contribution < -0.4 is 4.74 Å². The molecule has 1 heterocycles. The lowest BCUT2D eigenvalue weighted by Gasteiger charge is -2.08. The molecule has 3 rings (SSSR count). The Labute approximate surface area is 116 Å². The van der Waals surface area contributed by atoms with Crippen LogP contribution in [0.4, 0.5) is 0 Å². The van der Waals surface area contributed by atoms with Crippen molar-refractivity contribution in [3.63, 3.8) is 0 Å². The van der Waals surface area contributed by atoms with Crippen molar-refractivity contribution in [3.8, 4) is 5.75 Å². The third-order valence-electron chi connectivity index (χ3n) is 3.08. The average molecular weight is 270 g/mol. The second kappa shape index (κ2) is 5.10. The Morgan fingerprint density at radius 1 is 1.21 bits per heavy atom. The number of thioether (sulfide) groups is 1. The highest BCUT2D eigenvalue weighted by Crippen LogP contribution is 2.38. The minimum absolute atomic E-state index is 0.0836. The standard InChI is InChI=1S/C16H14O2S/c1-11-7-13-14(17)9-18-16(13)15(8-11)19-10-12-5-3-2-4-6-12/h2-8H,9-10H2,1H3. The van der Waals surface area contributed by atoms with Crippen molar-refractivity contribution in [1.82, 2.24) is 0 Å². The van der Waals surface area contributed by atoms with Crippen LogP contribution in [-0.4, -0.2) is 12.4 Å². The van der Waals surface area contributed by atoms with Crippen LogP contribution >= 0.6 is 11.8 Å². The molecule has 19 heavy (non-hydrogen) atoms. The van der Waals surface area contributed by atoms with Gasteiger partial charge in [-0.1, -0.05) is 30.3 Å². The van der Waals surface area contributed by atoms with Crippen LogP contribution in [0.1, 0.15) is 21.5 Å². The van der Waals surface area contributed by atoms with E-state index in [4.69, 9.17) is 4.74 Å². The molecule has 2 nitrogen and oxygen atoms in total. The van der Waals surface area contributed by atoms with Crippen molar-refractivity contribution in [2.45, 2.75) is 17.6 Å². The zero-order chi connectivity index (χ0) is 13.2. The van der Waals surface area contributed by atoms with E-state index in [2.05, 4.69) is 18.2 Å². The van der Waals surface area contributed by atoms with Gasteiger partial charge in [0.05, 0.1) is 10.5 Å². The Morgan fingerprint density at radius 3 is 2.79 bits per heavy atom. The van der Waals surface area contributed by atoms with Crippen molar-refractivity contribution in [2.75, 3.05) is 6.61 Å². The summed E-state index contributed by atoms with van der Waals surface area (Å²) in [6.07, 6.45) is 0. The predicted molar refractivity (Wildman–Crippen MR) is 77.0 cm³/mol. The topological polar surface area (TPSA) is 26.3 Å². The van der Waals surface area contributed by atoms with E-state index in [0.29, 0.717) is 0 Å². The number of carbonyl (C=O) groups excluding carboxylic acids is 1. The van der Waals surface area contributed by atoms with Crippen LogP contribution in [0.15, 0.2) is 47.4 Å². The lowest BCUT2D eigenvalue weighted by Crippen LogP contribution is -1.98. The summed E-state index contributed by atoms with van der Waals surface area (Å²) < 4.78 is 5.51. The van der Waals surface area contributed by atoms with E-state index in [1.54, 1.807) is 11.8 Å². The molecule has 0 unspecified atom stereocenters. The van der Waals surface area contributed by atoms with Crippen LogP contribution in [0, 0.1) is 6.92 Å². The first-order valence-corrected chi connectivity index (χ1v) is 7.20. The second-order valence-corrected chi connectivity index (χ2v) is 5.64. The fourth-order valence-corrected chi connectivity index (χ4v) is 3.24. The smallest absolute Gasteiger partial charge is 0.203 e. The Kier molecular flexibility index (Phi) is 3.30. The summed E-state index contributed by atoms with van der Waals surface area (Å²) in [5.74, 6) is 1.73. The number of Topliss-reactive ketones (excluding diaryl/α,β-unsaturated/α-hetero) is 1. The number of hydrogen-bond donors (Lipinski definition) is 0. The largest absolute Gasteiger partial charge is 0.483 e. The molecule has 3 heteroatoms. The van der Waals surface area contributed by atoms with Crippen molar-refractivity contribution in [3.05, 3.63) is 59.2 Å². The van der Waals surface area contributed by atoms with Crippen LogP contribution in [0.3, 0.4) is 0 Å². The van der Waals surface area contributed by atoms with Gasteiger partial charge in [0.25, 0.3) is 0 Å². The van der Waals surface area contributed by atoms with Crippen LogP contribution in [0.5, 0.6) is 5.75 Å². The number of benzene rings is 2. The van der Waals surface area contributed by atoms with Gasteiger partial charge in [-0.2, -0.15) is 0 Å². The first kappa shape index (κ1) is 12.3. The first-order valence-electron chi connectivity index (χ1n) is 6.21.